The van der Waals surface area contributed by atoms with Crippen molar-refractivity contribution in [2.75, 3.05) is 14.2 Å². The number of nitrogens with zero attached hydrogens (tertiary/aromatic N) is 2. The zero-order valence-corrected chi connectivity index (χ0v) is 13.6. The van der Waals surface area contributed by atoms with E-state index in [9.17, 15) is 4.79 Å². The summed E-state index contributed by atoms with van der Waals surface area (Å²) >= 11 is 0. The number of benzene rings is 2. The van der Waals surface area contributed by atoms with Crippen molar-refractivity contribution in [1.29, 1.82) is 0 Å². The molecule has 0 atom stereocenters. The Morgan fingerprint density at radius 2 is 1.58 bits per heavy atom. The third-order valence-electron chi connectivity index (χ3n) is 3.68. The van der Waals surface area contributed by atoms with Gasteiger partial charge >= 0.3 is 0 Å². The van der Waals surface area contributed by atoms with Crippen LogP contribution in [0, 0.1) is 0 Å². The van der Waals surface area contributed by atoms with E-state index in [0.717, 1.165) is 16.8 Å². The lowest BCUT2D eigenvalue weighted by atomic mass is 10.1. The second-order valence-corrected chi connectivity index (χ2v) is 5.30. The molecule has 24 heavy (non-hydrogen) atoms. The summed E-state index contributed by atoms with van der Waals surface area (Å²) in [6.07, 6.45) is 0. The van der Waals surface area contributed by atoms with Crippen molar-refractivity contribution >= 4 is 0 Å². The Morgan fingerprint density at radius 3 is 2.21 bits per heavy atom. The summed E-state index contributed by atoms with van der Waals surface area (Å²) in [6, 6.07) is 18.6. The Bertz CT molecular complexity index is 866. The SMILES string of the molecule is COc1cc(Cn2nc(-c3ccccc3)ccc2=O)cc(OC)c1. The van der Waals surface area contributed by atoms with Gasteiger partial charge in [0.1, 0.15) is 11.5 Å². The second kappa shape index (κ2) is 7.00. The van der Waals surface area contributed by atoms with Crippen LogP contribution in [0.1, 0.15) is 5.56 Å². The minimum absolute atomic E-state index is 0.156. The van der Waals surface area contributed by atoms with Crippen LogP contribution in [0.2, 0.25) is 0 Å². The van der Waals surface area contributed by atoms with Gasteiger partial charge in [-0.3, -0.25) is 4.79 Å². The molecule has 3 aromatic rings. The van der Waals surface area contributed by atoms with Gasteiger partial charge in [-0.25, -0.2) is 4.68 Å². The third-order valence-corrected chi connectivity index (χ3v) is 3.68. The van der Waals surface area contributed by atoms with Crippen LogP contribution in [0.4, 0.5) is 0 Å². The minimum Gasteiger partial charge on any atom is -0.497 e. The highest BCUT2D eigenvalue weighted by atomic mass is 16.5. The summed E-state index contributed by atoms with van der Waals surface area (Å²) in [5, 5.41) is 4.47. The monoisotopic (exact) mass is 322 g/mol. The maximum absolute atomic E-state index is 12.2. The standard InChI is InChI=1S/C19H18N2O3/c1-23-16-10-14(11-17(12-16)24-2)13-21-19(22)9-8-18(20-21)15-6-4-3-5-7-15/h3-12H,13H2,1-2H3. The lowest BCUT2D eigenvalue weighted by Gasteiger charge is -2.10. The van der Waals surface area contributed by atoms with Crippen LogP contribution < -0.4 is 15.0 Å². The molecule has 0 aliphatic rings. The first-order valence-electron chi connectivity index (χ1n) is 7.55. The van der Waals surface area contributed by atoms with E-state index in [2.05, 4.69) is 5.10 Å². The van der Waals surface area contributed by atoms with Gasteiger partial charge in [-0.15, -0.1) is 0 Å². The number of aromatic nitrogens is 2. The normalized spacial score (nSPS) is 10.4. The molecule has 0 spiro atoms. The molecule has 5 heteroatoms. The Morgan fingerprint density at radius 1 is 0.917 bits per heavy atom. The minimum atomic E-state index is -0.156. The van der Waals surface area contributed by atoms with Gasteiger partial charge in [0.25, 0.3) is 5.56 Å². The van der Waals surface area contributed by atoms with Crippen molar-refractivity contribution in [3.8, 4) is 22.8 Å². The molecule has 5 nitrogen and oxygen atoms in total. The van der Waals surface area contributed by atoms with Gasteiger partial charge in [0, 0.05) is 17.7 Å². The molecular weight excluding hydrogens is 304 g/mol. The number of hydrogen-bond donors (Lipinski definition) is 0. The quantitative estimate of drug-likeness (QED) is 0.725. The van der Waals surface area contributed by atoms with E-state index in [-0.39, 0.29) is 5.56 Å². The molecule has 1 heterocycles. The number of methoxy groups -OCH3 is 2. The van der Waals surface area contributed by atoms with Gasteiger partial charge in [-0.2, -0.15) is 5.10 Å². The summed E-state index contributed by atoms with van der Waals surface area (Å²) in [7, 11) is 3.19. The van der Waals surface area contributed by atoms with Gasteiger partial charge in [0.2, 0.25) is 0 Å². The van der Waals surface area contributed by atoms with E-state index in [1.54, 1.807) is 26.4 Å². The highest BCUT2D eigenvalue weighted by Gasteiger charge is 2.07. The predicted molar refractivity (Wildman–Crippen MR) is 92.6 cm³/mol. The second-order valence-electron chi connectivity index (χ2n) is 5.30. The Hall–Kier alpha value is -3.08. The fourth-order valence-corrected chi connectivity index (χ4v) is 2.46. The summed E-state index contributed by atoms with van der Waals surface area (Å²) in [5.41, 5.74) is 2.45. The molecule has 0 fully saturated rings. The highest BCUT2D eigenvalue weighted by molar-refractivity contribution is 5.57. The first kappa shape index (κ1) is 15.8. The van der Waals surface area contributed by atoms with E-state index in [4.69, 9.17) is 9.47 Å². The Kier molecular flexibility index (Phi) is 4.61. The summed E-state index contributed by atoms with van der Waals surface area (Å²) in [4.78, 5) is 12.2. The molecule has 2 aromatic carbocycles. The Labute approximate surface area is 140 Å². The molecule has 0 amide bonds. The first-order valence-corrected chi connectivity index (χ1v) is 7.55. The van der Waals surface area contributed by atoms with Crippen LogP contribution in [0.5, 0.6) is 11.5 Å². The van der Waals surface area contributed by atoms with Gasteiger partial charge in [-0.1, -0.05) is 30.3 Å². The van der Waals surface area contributed by atoms with Crippen LogP contribution in [0.3, 0.4) is 0 Å². The van der Waals surface area contributed by atoms with Crippen LogP contribution in [-0.2, 0) is 6.54 Å². The fourth-order valence-electron chi connectivity index (χ4n) is 2.46. The maximum Gasteiger partial charge on any atom is 0.267 e. The molecule has 122 valence electrons. The van der Waals surface area contributed by atoms with Crippen LogP contribution in [-0.4, -0.2) is 24.0 Å². The lowest BCUT2D eigenvalue weighted by molar-refractivity contribution is 0.393. The van der Waals surface area contributed by atoms with E-state index < -0.39 is 0 Å². The van der Waals surface area contributed by atoms with Crippen molar-refractivity contribution in [3.63, 3.8) is 0 Å². The fraction of sp³-hybridized carbons (Fsp3) is 0.158. The molecule has 1 aromatic heterocycles. The topological polar surface area (TPSA) is 53.4 Å². The largest absolute Gasteiger partial charge is 0.497 e. The highest BCUT2D eigenvalue weighted by Crippen LogP contribution is 2.23. The van der Waals surface area contributed by atoms with E-state index in [1.807, 2.05) is 42.5 Å². The molecule has 0 bridgehead atoms. The van der Waals surface area contributed by atoms with Gasteiger partial charge in [-0.05, 0) is 23.8 Å². The molecular formula is C19H18N2O3. The molecule has 0 radical (unpaired) electrons. The van der Waals surface area contributed by atoms with Crippen LogP contribution in [0.25, 0.3) is 11.3 Å². The predicted octanol–water partition coefficient (Wildman–Crippen LogP) is 2.98. The van der Waals surface area contributed by atoms with Gasteiger partial charge in [0.15, 0.2) is 0 Å². The van der Waals surface area contributed by atoms with Crippen molar-refractivity contribution in [2.45, 2.75) is 6.54 Å². The van der Waals surface area contributed by atoms with Crippen LogP contribution in [0.15, 0.2) is 65.5 Å². The number of ether oxygens (including phenoxy) is 2. The van der Waals surface area contributed by atoms with E-state index in [1.165, 1.54) is 10.7 Å². The molecule has 0 saturated carbocycles. The molecule has 0 aliphatic carbocycles. The zero-order valence-electron chi connectivity index (χ0n) is 13.6. The Balaban J connectivity index is 1.97. The summed E-state index contributed by atoms with van der Waals surface area (Å²) in [6.45, 7) is 0.340. The molecule has 0 N–H and O–H groups in total. The van der Waals surface area contributed by atoms with E-state index in [0.29, 0.717) is 18.0 Å². The first-order chi connectivity index (χ1) is 11.7. The molecule has 3 rings (SSSR count). The molecule has 0 saturated heterocycles. The maximum atomic E-state index is 12.2. The van der Waals surface area contributed by atoms with Crippen LogP contribution >= 0.6 is 0 Å². The molecule has 0 aliphatic heterocycles. The summed E-state index contributed by atoms with van der Waals surface area (Å²) < 4.78 is 12.0. The lowest BCUT2D eigenvalue weighted by Crippen LogP contribution is -2.22. The van der Waals surface area contributed by atoms with Crippen molar-refractivity contribution in [2.24, 2.45) is 0 Å². The van der Waals surface area contributed by atoms with Gasteiger partial charge in [0.05, 0.1) is 26.5 Å². The van der Waals surface area contributed by atoms with Crippen molar-refractivity contribution in [3.05, 3.63) is 76.6 Å². The zero-order chi connectivity index (χ0) is 16.9. The van der Waals surface area contributed by atoms with Gasteiger partial charge < -0.3 is 9.47 Å². The van der Waals surface area contributed by atoms with Crippen molar-refractivity contribution < 1.29 is 9.47 Å². The van der Waals surface area contributed by atoms with Crippen molar-refractivity contribution in [1.82, 2.24) is 9.78 Å². The molecule has 0 unspecified atom stereocenters. The third kappa shape index (κ3) is 3.46. The van der Waals surface area contributed by atoms with E-state index >= 15 is 0 Å². The summed E-state index contributed by atoms with van der Waals surface area (Å²) in [5.74, 6) is 1.35. The number of rotatable bonds is 5. The number of hydrogen-bond acceptors (Lipinski definition) is 4. The smallest absolute Gasteiger partial charge is 0.267 e. The average Bonchev–Trinajstić information content (AvgIpc) is 2.64. The average molecular weight is 322 g/mol.